The summed E-state index contributed by atoms with van der Waals surface area (Å²) in [7, 11) is 0. The van der Waals surface area contributed by atoms with Gasteiger partial charge in [0, 0.05) is 12.8 Å². The number of hydrogen-bond donors (Lipinski definition) is 3. The first-order chi connectivity index (χ1) is 33.5. The van der Waals surface area contributed by atoms with E-state index in [0.29, 0.717) is 32.3 Å². The number of carbonyl (C=O) groups is 2. The van der Waals surface area contributed by atoms with Gasteiger partial charge in [-0.15, -0.1) is 0 Å². The molecule has 6 nitrogen and oxygen atoms in total. The van der Waals surface area contributed by atoms with Crippen LogP contribution in [-0.2, 0) is 14.3 Å². The predicted octanol–water partition coefficient (Wildman–Crippen LogP) is 18.8. The van der Waals surface area contributed by atoms with E-state index >= 15 is 0 Å². The van der Waals surface area contributed by atoms with E-state index in [4.69, 9.17) is 4.74 Å². The van der Waals surface area contributed by atoms with Crippen LogP contribution in [0.4, 0.5) is 0 Å². The Morgan fingerprint density at radius 1 is 0.412 bits per heavy atom. The van der Waals surface area contributed by atoms with Crippen molar-refractivity contribution < 1.29 is 24.5 Å². The van der Waals surface area contributed by atoms with Crippen LogP contribution < -0.4 is 5.32 Å². The Kier molecular flexibility index (Phi) is 56.0. The number of nitrogens with one attached hydrogen (secondary N) is 1. The van der Waals surface area contributed by atoms with Crippen molar-refractivity contribution in [3.05, 3.63) is 36.5 Å². The van der Waals surface area contributed by atoms with Gasteiger partial charge in [0.05, 0.1) is 25.4 Å². The third kappa shape index (κ3) is 53.4. The van der Waals surface area contributed by atoms with E-state index in [1.54, 1.807) is 0 Å². The molecule has 0 aromatic rings. The van der Waals surface area contributed by atoms with E-state index in [1.807, 2.05) is 6.08 Å². The Hall–Kier alpha value is -1.92. The lowest BCUT2D eigenvalue weighted by molar-refractivity contribution is -0.143. The summed E-state index contributed by atoms with van der Waals surface area (Å²) in [5.41, 5.74) is 0. The molecule has 0 saturated carbocycles. The molecule has 0 spiro atoms. The first-order valence-corrected chi connectivity index (χ1v) is 30.2. The first kappa shape index (κ1) is 66.1. The summed E-state index contributed by atoms with van der Waals surface area (Å²) >= 11 is 0. The Labute approximate surface area is 424 Å². The third-order valence-corrected chi connectivity index (χ3v) is 13.9. The van der Waals surface area contributed by atoms with E-state index in [9.17, 15) is 19.8 Å². The molecule has 400 valence electrons. The molecule has 0 aliphatic carbocycles. The van der Waals surface area contributed by atoms with E-state index < -0.39 is 12.1 Å². The van der Waals surface area contributed by atoms with Gasteiger partial charge in [-0.1, -0.05) is 275 Å². The average molecular weight is 957 g/mol. The van der Waals surface area contributed by atoms with Crippen molar-refractivity contribution >= 4 is 11.9 Å². The van der Waals surface area contributed by atoms with Crippen molar-refractivity contribution in [2.45, 2.75) is 334 Å². The SMILES string of the molecule is CCCCCCCC/C=C\CCCCCCCCCC(=O)OCCCCCCCC/C=C\C/C=C\CCC(=O)NC(CO)C(O)CCCCCCCCCCCCCCCCCCCCCCC. The lowest BCUT2D eigenvalue weighted by atomic mass is 10.0. The van der Waals surface area contributed by atoms with Gasteiger partial charge >= 0.3 is 5.97 Å². The zero-order valence-corrected chi connectivity index (χ0v) is 45.6. The molecule has 2 unspecified atom stereocenters. The highest BCUT2D eigenvalue weighted by Crippen LogP contribution is 2.17. The molecule has 0 bridgehead atoms. The number of aliphatic hydroxyl groups excluding tert-OH is 2. The van der Waals surface area contributed by atoms with Crippen molar-refractivity contribution in [3.8, 4) is 0 Å². The summed E-state index contributed by atoms with van der Waals surface area (Å²) in [5.74, 6) is -0.133. The van der Waals surface area contributed by atoms with Gasteiger partial charge in [-0.05, 0) is 70.6 Å². The molecule has 2 atom stereocenters. The molecule has 0 rings (SSSR count). The third-order valence-electron chi connectivity index (χ3n) is 13.9. The second-order valence-electron chi connectivity index (χ2n) is 20.7. The maximum absolute atomic E-state index is 12.5. The average Bonchev–Trinajstić information content (AvgIpc) is 3.34. The summed E-state index contributed by atoms with van der Waals surface area (Å²) < 4.78 is 5.47. The second kappa shape index (κ2) is 57.7. The maximum atomic E-state index is 12.5. The fourth-order valence-corrected chi connectivity index (χ4v) is 9.27. The smallest absolute Gasteiger partial charge is 0.305 e. The molecule has 1 amide bonds. The van der Waals surface area contributed by atoms with Gasteiger partial charge in [-0.2, -0.15) is 0 Å². The van der Waals surface area contributed by atoms with Crippen molar-refractivity contribution in [1.29, 1.82) is 0 Å². The van der Waals surface area contributed by atoms with Gasteiger partial charge in [0.2, 0.25) is 5.91 Å². The standard InChI is InChI=1S/C62H117NO5/c1-3-5-7-9-11-13-15-17-19-21-22-23-24-26-27-30-34-38-42-46-50-54-60(65)59(58-64)63-61(66)55-51-47-43-39-35-31-29-33-37-41-45-49-53-57-68-62(67)56-52-48-44-40-36-32-28-25-20-18-16-14-12-10-8-6-4-2/h18,20,31,35,43,47,59-60,64-65H,3-17,19,21-30,32-34,36-42,44-46,48-58H2,1-2H3,(H,63,66)/b20-18-,35-31-,47-43-. The van der Waals surface area contributed by atoms with Gasteiger partial charge in [-0.3, -0.25) is 9.59 Å². The quantitative estimate of drug-likeness (QED) is 0.0321. The highest BCUT2D eigenvalue weighted by molar-refractivity contribution is 5.76. The predicted molar refractivity (Wildman–Crippen MR) is 296 cm³/mol. The molecule has 0 heterocycles. The molecule has 0 fully saturated rings. The fourth-order valence-electron chi connectivity index (χ4n) is 9.27. The second-order valence-corrected chi connectivity index (χ2v) is 20.7. The van der Waals surface area contributed by atoms with Crippen molar-refractivity contribution in [3.63, 3.8) is 0 Å². The highest BCUT2D eigenvalue weighted by Gasteiger charge is 2.19. The van der Waals surface area contributed by atoms with Crippen molar-refractivity contribution in [1.82, 2.24) is 5.32 Å². The van der Waals surface area contributed by atoms with E-state index in [0.717, 1.165) is 51.4 Å². The largest absolute Gasteiger partial charge is 0.466 e. The number of allylic oxidation sites excluding steroid dienone is 6. The van der Waals surface area contributed by atoms with Crippen LogP contribution in [0.15, 0.2) is 36.5 Å². The topological polar surface area (TPSA) is 95.9 Å². The first-order valence-electron chi connectivity index (χ1n) is 30.2. The molecule has 0 aliphatic rings. The summed E-state index contributed by atoms with van der Waals surface area (Å²) in [4.78, 5) is 24.5. The van der Waals surface area contributed by atoms with Gasteiger partial charge in [0.15, 0.2) is 0 Å². The summed E-state index contributed by atoms with van der Waals surface area (Å²) in [6.07, 6.45) is 71.5. The Bertz CT molecular complexity index is 1100. The maximum Gasteiger partial charge on any atom is 0.305 e. The fraction of sp³-hybridized carbons (Fsp3) is 0.871. The molecular formula is C62H117NO5. The van der Waals surface area contributed by atoms with E-state index in [-0.39, 0.29) is 18.5 Å². The monoisotopic (exact) mass is 956 g/mol. The van der Waals surface area contributed by atoms with Crippen LogP contribution in [0.2, 0.25) is 0 Å². The van der Waals surface area contributed by atoms with Crippen molar-refractivity contribution in [2.24, 2.45) is 0 Å². The van der Waals surface area contributed by atoms with Crippen LogP contribution >= 0.6 is 0 Å². The lowest BCUT2D eigenvalue weighted by Crippen LogP contribution is -2.45. The summed E-state index contributed by atoms with van der Waals surface area (Å²) in [6, 6.07) is -0.587. The van der Waals surface area contributed by atoms with Gasteiger partial charge < -0.3 is 20.3 Å². The Balaban J connectivity index is 3.53. The van der Waals surface area contributed by atoms with Crippen LogP contribution in [0.5, 0.6) is 0 Å². The molecule has 0 saturated heterocycles. The highest BCUT2D eigenvalue weighted by atomic mass is 16.5. The number of hydrogen-bond acceptors (Lipinski definition) is 5. The van der Waals surface area contributed by atoms with E-state index in [1.165, 1.54) is 231 Å². The van der Waals surface area contributed by atoms with Crippen LogP contribution in [0, 0.1) is 0 Å². The minimum atomic E-state index is -0.701. The molecular weight excluding hydrogens is 839 g/mol. The molecule has 0 aromatic carbocycles. The van der Waals surface area contributed by atoms with Crippen molar-refractivity contribution in [2.75, 3.05) is 13.2 Å². The van der Waals surface area contributed by atoms with Gasteiger partial charge in [0.25, 0.3) is 0 Å². The normalized spacial score (nSPS) is 12.8. The molecule has 0 radical (unpaired) electrons. The summed E-state index contributed by atoms with van der Waals surface area (Å²) in [5, 5.41) is 23.3. The number of rotatable bonds is 56. The molecule has 68 heavy (non-hydrogen) atoms. The lowest BCUT2D eigenvalue weighted by Gasteiger charge is -2.22. The minimum Gasteiger partial charge on any atom is -0.466 e. The zero-order valence-electron chi connectivity index (χ0n) is 45.6. The number of carbonyl (C=O) groups excluding carboxylic acids is 2. The van der Waals surface area contributed by atoms with Crippen LogP contribution in [0.3, 0.4) is 0 Å². The molecule has 6 heteroatoms. The Morgan fingerprint density at radius 3 is 1.16 bits per heavy atom. The molecule has 3 N–H and O–H groups in total. The summed E-state index contributed by atoms with van der Waals surface area (Å²) in [6.45, 7) is 4.90. The molecule has 0 aromatic heterocycles. The number of amides is 1. The van der Waals surface area contributed by atoms with E-state index in [2.05, 4.69) is 49.5 Å². The zero-order chi connectivity index (χ0) is 49.3. The van der Waals surface area contributed by atoms with Crippen LogP contribution in [0.25, 0.3) is 0 Å². The Morgan fingerprint density at radius 2 is 0.750 bits per heavy atom. The van der Waals surface area contributed by atoms with Crippen LogP contribution in [-0.4, -0.2) is 47.4 Å². The van der Waals surface area contributed by atoms with Gasteiger partial charge in [-0.25, -0.2) is 0 Å². The number of esters is 1. The number of unbranched alkanes of at least 4 members (excludes halogenated alkanes) is 39. The minimum absolute atomic E-state index is 0.0198. The number of ether oxygens (including phenoxy) is 1. The number of aliphatic hydroxyl groups is 2. The van der Waals surface area contributed by atoms with Crippen LogP contribution in [0.1, 0.15) is 322 Å². The van der Waals surface area contributed by atoms with Gasteiger partial charge in [0.1, 0.15) is 0 Å². The molecule has 0 aliphatic heterocycles.